The van der Waals surface area contributed by atoms with Gasteiger partial charge in [-0.3, -0.25) is 14.5 Å². The Bertz CT molecular complexity index is 784. The highest BCUT2D eigenvalue weighted by molar-refractivity contribution is 5.95. The molecule has 1 aliphatic carbocycles. The number of carbonyl (C=O) groups excluding carboxylic acids is 1. The quantitative estimate of drug-likeness (QED) is 0.892. The van der Waals surface area contributed by atoms with E-state index < -0.39 is 0 Å². The lowest BCUT2D eigenvalue weighted by molar-refractivity contribution is 0.0903. The third-order valence-electron chi connectivity index (χ3n) is 4.66. The third kappa shape index (κ3) is 3.51. The van der Waals surface area contributed by atoms with Gasteiger partial charge in [0.1, 0.15) is 6.10 Å². The molecule has 7 heteroatoms. The molecule has 1 saturated carbocycles. The van der Waals surface area contributed by atoms with Gasteiger partial charge in [-0.15, -0.1) is 0 Å². The van der Waals surface area contributed by atoms with Gasteiger partial charge in [0.2, 0.25) is 0 Å². The minimum atomic E-state index is -0.229. The molecule has 25 heavy (non-hydrogen) atoms. The van der Waals surface area contributed by atoms with E-state index in [0.29, 0.717) is 30.4 Å². The first-order valence-corrected chi connectivity index (χ1v) is 8.61. The minimum absolute atomic E-state index is 0.136. The monoisotopic (exact) mass is 342 g/mol. The molecule has 1 N–H and O–H groups in total. The fourth-order valence-corrected chi connectivity index (χ4v) is 3.09. The summed E-state index contributed by atoms with van der Waals surface area (Å²) in [6, 6.07) is 3.64. The number of rotatable bonds is 5. The van der Waals surface area contributed by atoms with Crippen molar-refractivity contribution in [3.63, 3.8) is 0 Å². The number of hydrogen-bond acceptors (Lipinski definition) is 5. The summed E-state index contributed by atoms with van der Waals surface area (Å²) in [5.74, 6) is 1.11. The summed E-state index contributed by atoms with van der Waals surface area (Å²) in [7, 11) is 1.83. The Morgan fingerprint density at radius 1 is 1.36 bits per heavy atom. The maximum atomic E-state index is 12.6. The number of ether oxygens (including phenoxy) is 2. The molecule has 2 fully saturated rings. The van der Waals surface area contributed by atoms with Crippen molar-refractivity contribution >= 4 is 5.91 Å². The minimum Gasteiger partial charge on any atom is -0.482 e. The van der Waals surface area contributed by atoms with Gasteiger partial charge >= 0.3 is 0 Å². The third-order valence-corrected chi connectivity index (χ3v) is 4.66. The van der Waals surface area contributed by atoms with Gasteiger partial charge < -0.3 is 14.8 Å². The van der Waals surface area contributed by atoms with Crippen LogP contribution in [0.15, 0.2) is 24.5 Å². The zero-order valence-electron chi connectivity index (χ0n) is 14.4. The van der Waals surface area contributed by atoms with E-state index in [1.54, 1.807) is 17.1 Å². The number of hydrogen-bond donors (Lipinski definition) is 1. The molecule has 132 valence electrons. The summed E-state index contributed by atoms with van der Waals surface area (Å²) >= 11 is 0. The van der Waals surface area contributed by atoms with E-state index in [-0.39, 0.29) is 18.1 Å². The van der Waals surface area contributed by atoms with Gasteiger partial charge in [0, 0.05) is 18.7 Å². The fourth-order valence-electron chi connectivity index (χ4n) is 3.09. The predicted molar refractivity (Wildman–Crippen MR) is 90.6 cm³/mol. The predicted octanol–water partition coefficient (Wildman–Crippen LogP) is 1.58. The van der Waals surface area contributed by atoms with E-state index in [1.165, 1.54) is 12.8 Å². The molecule has 3 heterocycles. The van der Waals surface area contributed by atoms with Gasteiger partial charge in [-0.05, 0) is 31.9 Å². The lowest BCUT2D eigenvalue weighted by atomic mass is 10.1. The maximum Gasteiger partial charge on any atom is 0.253 e. The molecule has 0 bridgehead atoms. The van der Waals surface area contributed by atoms with Crippen LogP contribution in [0.4, 0.5) is 0 Å². The molecule has 2 aliphatic rings. The molecule has 2 aromatic heterocycles. The summed E-state index contributed by atoms with van der Waals surface area (Å²) in [5, 5.41) is 7.11. The molecule has 7 nitrogen and oxygen atoms in total. The highest BCUT2D eigenvalue weighted by atomic mass is 16.5. The molecule has 2 aromatic rings. The smallest absolute Gasteiger partial charge is 0.253 e. The first-order chi connectivity index (χ1) is 12.1. The van der Waals surface area contributed by atoms with Gasteiger partial charge in [0.05, 0.1) is 42.9 Å². The Balaban J connectivity index is 1.42. The van der Waals surface area contributed by atoms with Crippen LogP contribution in [-0.2, 0) is 11.8 Å². The average molecular weight is 342 g/mol. The lowest BCUT2D eigenvalue weighted by Gasteiger charge is -2.20. The van der Waals surface area contributed by atoms with Crippen molar-refractivity contribution in [3.05, 3.63) is 41.5 Å². The number of pyridine rings is 1. The highest BCUT2D eigenvalue weighted by Gasteiger charge is 2.32. The van der Waals surface area contributed by atoms with Crippen LogP contribution in [0.2, 0.25) is 0 Å². The molecular formula is C18H22N4O3. The number of carbonyl (C=O) groups is 1. The highest BCUT2D eigenvalue weighted by Crippen LogP contribution is 2.39. The molecule has 4 rings (SSSR count). The maximum absolute atomic E-state index is 12.6. The van der Waals surface area contributed by atoms with Crippen LogP contribution in [-0.4, -0.2) is 46.0 Å². The van der Waals surface area contributed by atoms with Gasteiger partial charge in [0.15, 0.2) is 5.75 Å². The Labute approximate surface area is 146 Å². The topological polar surface area (TPSA) is 78.3 Å². The first-order valence-electron chi connectivity index (χ1n) is 8.61. The van der Waals surface area contributed by atoms with Gasteiger partial charge in [0.25, 0.3) is 5.91 Å². The second-order valence-electron chi connectivity index (χ2n) is 6.77. The van der Waals surface area contributed by atoms with Crippen LogP contribution < -0.4 is 10.1 Å². The SMILES string of the molecule is Cc1nc(C2CC2)ccc1C(=O)N[C@H]1COC[C@H]1Oc1cnn(C)c1. The summed E-state index contributed by atoms with van der Waals surface area (Å²) in [6.07, 6.45) is 5.62. The summed E-state index contributed by atoms with van der Waals surface area (Å²) in [5.41, 5.74) is 2.47. The molecule has 1 saturated heterocycles. The molecule has 0 unspecified atom stereocenters. The van der Waals surface area contributed by atoms with Crippen LogP contribution in [0.5, 0.6) is 5.75 Å². The normalized spacial score (nSPS) is 22.8. The number of amides is 1. The molecular weight excluding hydrogens is 320 g/mol. The van der Waals surface area contributed by atoms with Crippen molar-refractivity contribution in [3.8, 4) is 5.75 Å². The van der Waals surface area contributed by atoms with Crippen molar-refractivity contribution in [2.24, 2.45) is 7.05 Å². The van der Waals surface area contributed by atoms with Crippen molar-refractivity contribution in [2.75, 3.05) is 13.2 Å². The Kier molecular flexibility index (Phi) is 4.17. The van der Waals surface area contributed by atoms with E-state index in [1.807, 2.05) is 26.1 Å². The molecule has 2 atom stereocenters. The lowest BCUT2D eigenvalue weighted by Crippen LogP contribution is -2.45. The van der Waals surface area contributed by atoms with E-state index in [9.17, 15) is 4.79 Å². The van der Waals surface area contributed by atoms with Crippen LogP contribution in [0.1, 0.15) is 40.5 Å². The molecule has 0 radical (unpaired) electrons. The second kappa shape index (κ2) is 6.48. The van der Waals surface area contributed by atoms with Crippen molar-refractivity contribution in [1.29, 1.82) is 0 Å². The zero-order chi connectivity index (χ0) is 17.4. The number of nitrogens with one attached hydrogen (secondary N) is 1. The standard InChI is InChI=1S/C18H22N4O3/c1-11-14(5-6-15(20-11)12-3-4-12)18(23)21-16-9-24-10-17(16)25-13-7-19-22(2)8-13/h5-8,12,16-17H,3-4,9-10H2,1-2H3,(H,21,23)/t16-,17+/m0/s1. The van der Waals surface area contributed by atoms with Gasteiger partial charge in [-0.1, -0.05) is 0 Å². The van der Waals surface area contributed by atoms with Crippen molar-refractivity contribution in [1.82, 2.24) is 20.1 Å². The van der Waals surface area contributed by atoms with Crippen LogP contribution in [0, 0.1) is 6.92 Å². The molecule has 1 amide bonds. The Hall–Kier alpha value is -2.41. The van der Waals surface area contributed by atoms with Gasteiger partial charge in [-0.25, -0.2) is 0 Å². The summed E-state index contributed by atoms with van der Waals surface area (Å²) < 4.78 is 13.1. The van der Waals surface area contributed by atoms with Crippen molar-refractivity contribution in [2.45, 2.75) is 37.8 Å². The average Bonchev–Trinajstić information content (AvgIpc) is 3.23. The van der Waals surface area contributed by atoms with Crippen LogP contribution in [0.3, 0.4) is 0 Å². The van der Waals surface area contributed by atoms with Crippen molar-refractivity contribution < 1.29 is 14.3 Å². The van der Waals surface area contributed by atoms with Crippen LogP contribution >= 0.6 is 0 Å². The number of nitrogens with zero attached hydrogens (tertiary/aromatic N) is 3. The molecule has 0 spiro atoms. The number of aryl methyl sites for hydroxylation is 2. The fraction of sp³-hybridized carbons (Fsp3) is 0.500. The number of aromatic nitrogens is 3. The second-order valence-corrected chi connectivity index (χ2v) is 6.77. The Morgan fingerprint density at radius 2 is 2.20 bits per heavy atom. The van der Waals surface area contributed by atoms with Crippen LogP contribution in [0.25, 0.3) is 0 Å². The van der Waals surface area contributed by atoms with E-state index in [0.717, 1.165) is 11.4 Å². The Morgan fingerprint density at radius 3 is 2.88 bits per heavy atom. The van der Waals surface area contributed by atoms with E-state index in [2.05, 4.69) is 15.4 Å². The van der Waals surface area contributed by atoms with E-state index >= 15 is 0 Å². The zero-order valence-corrected chi connectivity index (χ0v) is 14.4. The largest absolute Gasteiger partial charge is 0.482 e. The molecule has 0 aromatic carbocycles. The summed E-state index contributed by atoms with van der Waals surface area (Å²) in [4.78, 5) is 17.2. The summed E-state index contributed by atoms with van der Waals surface area (Å²) in [6.45, 7) is 2.76. The molecule has 1 aliphatic heterocycles. The van der Waals surface area contributed by atoms with Gasteiger partial charge in [-0.2, -0.15) is 5.10 Å². The van der Waals surface area contributed by atoms with E-state index in [4.69, 9.17) is 9.47 Å². The first kappa shape index (κ1) is 16.1.